The molecule has 11 nitrogen and oxygen atoms in total. The summed E-state index contributed by atoms with van der Waals surface area (Å²) in [5, 5.41) is 17.9. The van der Waals surface area contributed by atoms with Crippen molar-refractivity contribution in [2.24, 2.45) is 0 Å². The molecule has 1 aliphatic rings. The Morgan fingerprint density at radius 3 is 2.85 bits per heavy atom. The zero-order valence-corrected chi connectivity index (χ0v) is 18.2. The number of carbonyl (C=O) groups is 2. The number of cyclic esters (lactones) is 1. The second kappa shape index (κ2) is 9.69. The summed E-state index contributed by atoms with van der Waals surface area (Å²) < 4.78 is 20.1. The molecule has 12 heteroatoms. The van der Waals surface area contributed by atoms with Crippen molar-refractivity contribution < 1.29 is 18.7 Å². The van der Waals surface area contributed by atoms with Crippen LogP contribution in [0.25, 0.3) is 22.6 Å². The minimum Gasteiger partial charge on any atom is -0.442 e. The molecular formula is C21H23FN8O3. The molecule has 172 valence electrons. The normalized spacial score (nSPS) is 15.5. The zero-order chi connectivity index (χ0) is 23.4. The van der Waals surface area contributed by atoms with Crippen molar-refractivity contribution >= 4 is 17.7 Å². The van der Waals surface area contributed by atoms with E-state index >= 15 is 0 Å². The number of aromatic nitrogens is 5. The Hall–Kier alpha value is -3.93. The summed E-state index contributed by atoms with van der Waals surface area (Å²) in [6, 6.07) is 7.93. The van der Waals surface area contributed by atoms with E-state index in [4.69, 9.17) is 4.74 Å². The number of nitrogens with zero attached hydrogens (tertiary/aromatic N) is 6. The molecule has 1 aliphatic heterocycles. The van der Waals surface area contributed by atoms with E-state index in [-0.39, 0.29) is 19.0 Å². The molecule has 0 radical (unpaired) electrons. The number of halogens is 1. The van der Waals surface area contributed by atoms with Gasteiger partial charge in [-0.05, 0) is 36.5 Å². The van der Waals surface area contributed by atoms with Crippen LogP contribution < -0.4 is 15.5 Å². The van der Waals surface area contributed by atoms with E-state index in [1.54, 1.807) is 24.3 Å². The van der Waals surface area contributed by atoms with E-state index in [1.807, 2.05) is 7.05 Å². The van der Waals surface area contributed by atoms with Crippen molar-refractivity contribution in [1.29, 1.82) is 0 Å². The Morgan fingerprint density at radius 1 is 1.30 bits per heavy atom. The first-order valence-electron chi connectivity index (χ1n) is 10.4. The number of ether oxygens (including phenoxy) is 1. The number of pyridine rings is 1. The topological polar surface area (TPSA) is 127 Å². The lowest BCUT2D eigenvalue weighted by atomic mass is 10.1. The monoisotopic (exact) mass is 454 g/mol. The van der Waals surface area contributed by atoms with Gasteiger partial charge in [0.1, 0.15) is 17.6 Å². The highest BCUT2D eigenvalue weighted by molar-refractivity contribution is 5.90. The average molecular weight is 454 g/mol. The van der Waals surface area contributed by atoms with E-state index in [1.165, 1.54) is 28.9 Å². The number of amides is 2. The fraction of sp³-hybridized carbons (Fsp3) is 0.333. The molecule has 3 heterocycles. The van der Waals surface area contributed by atoms with Crippen molar-refractivity contribution in [3.05, 3.63) is 42.3 Å². The maximum atomic E-state index is 14.9. The molecule has 1 fully saturated rings. The third kappa shape index (κ3) is 5.12. The number of carbonyl (C=O) groups excluding carboxylic acids is 2. The van der Waals surface area contributed by atoms with Crippen LogP contribution in [0.2, 0.25) is 0 Å². The number of anilines is 1. The number of rotatable bonds is 8. The molecule has 33 heavy (non-hydrogen) atoms. The molecule has 1 unspecified atom stereocenters. The van der Waals surface area contributed by atoms with E-state index < -0.39 is 18.0 Å². The first-order chi connectivity index (χ1) is 15.9. The molecular weight excluding hydrogens is 431 g/mol. The molecule has 2 amide bonds. The SMILES string of the molecule is CNCCn1nnc(-c2ccc(-c3ccc(N4CC(CNC(C)=O)OC4=O)cc3F)cn2)n1. The Morgan fingerprint density at radius 2 is 2.15 bits per heavy atom. The van der Waals surface area contributed by atoms with Crippen molar-refractivity contribution in [1.82, 2.24) is 35.8 Å². The Kier molecular flexibility index (Phi) is 6.54. The van der Waals surface area contributed by atoms with Gasteiger partial charge < -0.3 is 15.4 Å². The number of hydrogen-bond donors (Lipinski definition) is 2. The number of hydrogen-bond acceptors (Lipinski definition) is 8. The molecule has 1 atom stereocenters. The molecule has 2 N–H and O–H groups in total. The third-order valence-electron chi connectivity index (χ3n) is 5.04. The maximum absolute atomic E-state index is 14.9. The predicted octanol–water partition coefficient (Wildman–Crippen LogP) is 1.22. The van der Waals surface area contributed by atoms with Gasteiger partial charge in [0.2, 0.25) is 11.7 Å². The fourth-order valence-corrected chi connectivity index (χ4v) is 3.34. The second-order valence-electron chi connectivity index (χ2n) is 7.46. The molecule has 1 aromatic carbocycles. The standard InChI is InChI=1S/C21H23FN8O3/c1-13(31)24-11-16-12-29(21(32)33-16)15-4-5-17(18(22)9-15)14-3-6-19(25-10-14)20-26-28-30(27-20)8-7-23-2/h3-6,9-10,16,23H,7-8,11-12H2,1-2H3,(H,24,31). The molecule has 1 saturated heterocycles. The van der Waals surface area contributed by atoms with Crippen LogP contribution in [0.15, 0.2) is 36.5 Å². The third-order valence-corrected chi connectivity index (χ3v) is 5.04. The summed E-state index contributed by atoms with van der Waals surface area (Å²) in [6.45, 7) is 3.10. The minimum absolute atomic E-state index is 0.203. The van der Waals surface area contributed by atoms with Crippen LogP contribution in [0, 0.1) is 5.82 Å². The number of tetrazole rings is 1. The number of benzene rings is 1. The van der Waals surface area contributed by atoms with Crippen LogP contribution in [0.3, 0.4) is 0 Å². The maximum Gasteiger partial charge on any atom is 0.414 e. The van der Waals surface area contributed by atoms with Gasteiger partial charge in [-0.3, -0.25) is 14.7 Å². The van der Waals surface area contributed by atoms with Crippen LogP contribution in [0.1, 0.15) is 6.92 Å². The molecule has 0 bridgehead atoms. The van der Waals surface area contributed by atoms with Crippen molar-refractivity contribution in [3.63, 3.8) is 0 Å². The summed E-state index contributed by atoms with van der Waals surface area (Å²) in [5.41, 5.74) is 1.80. The lowest BCUT2D eigenvalue weighted by molar-refractivity contribution is -0.119. The highest BCUT2D eigenvalue weighted by Gasteiger charge is 2.32. The van der Waals surface area contributed by atoms with Gasteiger partial charge >= 0.3 is 6.09 Å². The summed E-state index contributed by atoms with van der Waals surface area (Å²) in [5.74, 6) is -0.333. The average Bonchev–Trinajstić information content (AvgIpc) is 3.43. The Balaban J connectivity index is 1.46. The van der Waals surface area contributed by atoms with Crippen LogP contribution >= 0.6 is 0 Å². The van der Waals surface area contributed by atoms with Crippen LogP contribution in [0.5, 0.6) is 0 Å². The van der Waals surface area contributed by atoms with E-state index in [0.29, 0.717) is 41.4 Å². The van der Waals surface area contributed by atoms with Crippen LogP contribution in [0.4, 0.5) is 14.9 Å². The molecule has 0 aliphatic carbocycles. The Bertz CT molecular complexity index is 1150. The van der Waals surface area contributed by atoms with Crippen molar-refractivity contribution in [2.45, 2.75) is 19.6 Å². The van der Waals surface area contributed by atoms with E-state index in [9.17, 15) is 14.0 Å². The second-order valence-corrected chi connectivity index (χ2v) is 7.46. The van der Waals surface area contributed by atoms with Gasteiger partial charge in [-0.25, -0.2) is 9.18 Å². The van der Waals surface area contributed by atoms with Crippen LogP contribution in [-0.4, -0.2) is 70.0 Å². The highest BCUT2D eigenvalue weighted by atomic mass is 19.1. The molecule has 3 aromatic rings. The minimum atomic E-state index is -0.584. The number of nitrogens with one attached hydrogen (secondary N) is 2. The largest absolute Gasteiger partial charge is 0.442 e. The van der Waals surface area contributed by atoms with Gasteiger partial charge in [0.25, 0.3) is 0 Å². The van der Waals surface area contributed by atoms with E-state index in [2.05, 4.69) is 31.0 Å². The summed E-state index contributed by atoms with van der Waals surface area (Å²) in [7, 11) is 1.84. The van der Waals surface area contributed by atoms with Crippen molar-refractivity contribution in [2.75, 3.05) is 31.6 Å². The zero-order valence-electron chi connectivity index (χ0n) is 18.2. The molecule has 2 aromatic heterocycles. The van der Waals surface area contributed by atoms with E-state index in [0.717, 1.165) is 0 Å². The first-order valence-corrected chi connectivity index (χ1v) is 10.4. The lowest BCUT2D eigenvalue weighted by Gasteiger charge is -2.14. The molecule has 0 spiro atoms. The predicted molar refractivity (Wildman–Crippen MR) is 117 cm³/mol. The van der Waals surface area contributed by atoms with Gasteiger partial charge in [-0.1, -0.05) is 6.07 Å². The quantitative estimate of drug-likeness (QED) is 0.520. The number of likely N-dealkylation sites (N-methyl/N-ethyl adjacent to an activating group) is 1. The van der Waals surface area contributed by atoms with Gasteiger partial charge in [0.15, 0.2) is 0 Å². The summed E-state index contributed by atoms with van der Waals surface area (Å²) in [4.78, 5) is 30.4. The van der Waals surface area contributed by atoms with Crippen LogP contribution in [-0.2, 0) is 16.1 Å². The lowest BCUT2D eigenvalue weighted by Crippen LogP contribution is -2.33. The molecule has 0 saturated carbocycles. The van der Waals surface area contributed by atoms with Gasteiger partial charge in [0, 0.05) is 30.8 Å². The summed E-state index contributed by atoms with van der Waals surface area (Å²) >= 11 is 0. The Labute approximate surface area is 188 Å². The highest BCUT2D eigenvalue weighted by Crippen LogP contribution is 2.29. The first kappa shape index (κ1) is 22.3. The summed E-state index contributed by atoms with van der Waals surface area (Å²) in [6.07, 6.45) is 0.458. The molecule has 4 rings (SSSR count). The van der Waals surface area contributed by atoms with Gasteiger partial charge in [-0.15, -0.1) is 10.2 Å². The van der Waals surface area contributed by atoms with Gasteiger partial charge in [0.05, 0.1) is 25.3 Å². The fourth-order valence-electron chi connectivity index (χ4n) is 3.34. The van der Waals surface area contributed by atoms with Gasteiger partial charge in [-0.2, -0.15) is 4.80 Å². The smallest absolute Gasteiger partial charge is 0.414 e. The van der Waals surface area contributed by atoms with Crippen molar-refractivity contribution in [3.8, 4) is 22.6 Å².